The maximum Gasteiger partial charge on any atom is 0.269 e. The lowest BCUT2D eigenvalue weighted by molar-refractivity contribution is -0.384. The van der Waals surface area contributed by atoms with E-state index in [1.54, 1.807) is 12.1 Å². The van der Waals surface area contributed by atoms with Crippen LogP contribution in [0.15, 0.2) is 24.3 Å². The van der Waals surface area contributed by atoms with Crippen LogP contribution in [0.2, 0.25) is 0 Å². The first-order valence-corrected chi connectivity index (χ1v) is 8.19. The average Bonchev–Trinajstić information content (AvgIpc) is 2.90. The van der Waals surface area contributed by atoms with Gasteiger partial charge >= 0.3 is 0 Å². The van der Waals surface area contributed by atoms with Gasteiger partial charge in [-0.05, 0) is 36.3 Å². The predicted molar refractivity (Wildman–Crippen MR) is 81.0 cm³/mol. The van der Waals surface area contributed by atoms with Crippen molar-refractivity contribution in [2.75, 3.05) is 18.1 Å². The summed E-state index contributed by atoms with van der Waals surface area (Å²) in [6.07, 6.45) is 2.00. The molecule has 0 saturated carbocycles. The summed E-state index contributed by atoms with van der Waals surface area (Å²) in [6, 6.07) is 6.71. The Bertz CT molecular complexity index is 543. The molecule has 1 aromatic rings. The van der Waals surface area contributed by atoms with E-state index in [0.29, 0.717) is 6.54 Å². The maximum atomic E-state index is 12.2. The SMILES string of the molecule is O=C1CNC(c2ccc([N+](=O)[O-])cc2)N1C1CCCSC1. The van der Waals surface area contributed by atoms with Crippen molar-refractivity contribution in [3.63, 3.8) is 0 Å². The number of nitrogens with zero attached hydrogens (tertiary/aromatic N) is 2. The Kier molecular flexibility index (Phi) is 4.12. The number of amides is 1. The quantitative estimate of drug-likeness (QED) is 0.682. The number of carbonyl (C=O) groups excluding carboxylic acids is 1. The van der Waals surface area contributed by atoms with E-state index in [4.69, 9.17) is 0 Å². The fourth-order valence-electron chi connectivity index (χ4n) is 2.93. The van der Waals surface area contributed by atoms with E-state index in [2.05, 4.69) is 5.32 Å². The molecule has 0 aliphatic carbocycles. The van der Waals surface area contributed by atoms with Crippen LogP contribution in [-0.2, 0) is 4.79 Å². The molecule has 0 spiro atoms. The van der Waals surface area contributed by atoms with Crippen molar-refractivity contribution in [3.05, 3.63) is 39.9 Å². The Morgan fingerprint density at radius 3 is 2.71 bits per heavy atom. The number of rotatable bonds is 3. The summed E-state index contributed by atoms with van der Waals surface area (Å²) in [5.74, 6) is 2.25. The van der Waals surface area contributed by atoms with E-state index in [0.717, 1.165) is 29.9 Å². The Hall–Kier alpha value is -1.60. The summed E-state index contributed by atoms with van der Waals surface area (Å²) >= 11 is 1.88. The van der Waals surface area contributed by atoms with Gasteiger partial charge in [0.2, 0.25) is 5.91 Å². The number of hydrogen-bond donors (Lipinski definition) is 1. The number of thioether (sulfide) groups is 1. The standard InChI is InChI=1S/C14H17N3O3S/c18-13-8-15-14(16(13)12-2-1-7-21-9-12)10-3-5-11(6-4-10)17(19)20/h3-6,12,14-15H,1-2,7-9H2. The number of hydrogen-bond acceptors (Lipinski definition) is 5. The molecule has 2 heterocycles. The first-order valence-electron chi connectivity index (χ1n) is 7.03. The third-order valence-corrected chi connectivity index (χ3v) is 5.16. The van der Waals surface area contributed by atoms with Gasteiger partial charge in [0.25, 0.3) is 5.69 Å². The van der Waals surface area contributed by atoms with Gasteiger partial charge in [-0.15, -0.1) is 0 Å². The molecule has 2 unspecified atom stereocenters. The minimum atomic E-state index is -0.410. The van der Waals surface area contributed by atoms with Crippen LogP contribution in [0.3, 0.4) is 0 Å². The van der Waals surface area contributed by atoms with E-state index < -0.39 is 4.92 Å². The molecule has 2 fully saturated rings. The van der Waals surface area contributed by atoms with E-state index in [1.807, 2.05) is 16.7 Å². The van der Waals surface area contributed by atoms with Gasteiger partial charge in [-0.2, -0.15) is 11.8 Å². The predicted octanol–water partition coefficient (Wildman–Crippen LogP) is 1.92. The van der Waals surface area contributed by atoms with Gasteiger partial charge in [-0.25, -0.2) is 0 Å². The van der Waals surface area contributed by atoms with Crippen LogP contribution in [0.1, 0.15) is 24.6 Å². The van der Waals surface area contributed by atoms with E-state index in [1.165, 1.54) is 12.1 Å². The summed E-state index contributed by atoms with van der Waals surface area (Å²) in [4.78, 5) is 24.4. The Labute approximate surface area is 127 Å². The summed E-state index contributed by atoms with van der Waals surface area (Å²) in [6.45, 7) is 0.336. The number of nitrogens with one attached hydrogen (secondary N) is 1. The van der Waals surface area contributed by atoms with E-state index >= 15 is 0 Å². The highest BCUT2D eigenvalue weighted by Gasteiger charge is 2.37. The van der Waals surface area contributed by atoms with Gasteiger partial charge in [-0.3, -0.25) is 20.2 Å². The Balaban J connectivity index is 1.82. The fourth-order valence-corrected chi connectivity index (χ4v) is 4.07. The molecule has 2 atom stereocenters. The molecule has 2 aliphatic rings. The topological polar surface area (TPSA) is 75.5 Å². The number of benzene rings is 1. The number of carbonyl (C=O) groups is 1. The molecule has 1 aromatic carbocycles. The lowest BCUT2D eigenvalue weighted by atomic mass is 10.1. The second kappa shape index (κ2) is 6.03. The highest BCUT2D eigenvalue weighted by atomic mass is 32.2. The molecule has 0 radical (unpaired) electrons. The fraction of sp³-hybridized carbons (Fsp3) is 0.500. The van der Waals surface area contributed by atoms with Crippen LogP contribution in [0.4, 0.5) is 5.69 Å². The summed E-state index contributed by atoms with van der Waals surface area (Å²) in [5.41, 5.74) is 0.977. The largest absolute Gasteiger partial charge is 0.318 e. The summed E-state index contributed by atoms with van der Waals surface area (Å²) in [7, 11) is 0. The normalized spacial score (nSPS) is 26.1. The number of nitro benzene ring substituents is 1. The lowest BCUT2D eigenvalue weighted by Crippen LogP contribution is -2.42. The molecule has 112 valence electrons. The van der Waals surface area contributed by atoms with Gasteiger partial charge in [-0.1, -0.05) is 0 Å². The Morgan fingerprint density at radius 1 is 1.33 bits per heavy atom. The molecule has 2 aliphatic heterocycles. The van der Waals surface area contributed by atoms with Crippen molar-refractivity contribution >= 4 is 23.4 Å². The van der Waals surface area contributed by atoms with Crippen molar-refractivity contribution in [2.45, 2.75) is 25.0 Å². The third kappa shape index (κ3) is 2.89. The highest BCUT2D eigenvalue weighted by Crippen LogP contribution is 2.31. The summed E-state index contributed by atoms with van der Waals surface area (Å²) in [5, 5.41) is 13.9. The lowest BCUT2D eigenvalue weighted by Gasteiger charge is -2.35. The first kappa shape index (κ1) is 14.3. The average molecular weight is 307 g/mol. The second-order valence-electron chi connectivity index (χ2n) is 5.30. The number of non-ortho nitro benzene ring substituents is 1. The van der Waals surface area contributed by atoms with Crippen molar-refractivity contribution in [2.24, 2.45) is 0 Å². The minimum absolute atomic E-state index is 0.0721. The van der Waals surface area contributed by atoms with Crippen LogP contribution in [0.5, 0.6) is 0 Å². The van der Waals surface area contributed by atoms with Crippen molar-refractivity contribution in [1.29, 1.82) is 0 Å². The molecule has 0 bridgehead atoms. The maximum absolute atomic E-state index is 12.2. The summed E-state index contributed by atoms with van der Waals surface area (Å²) < 4.78 is 0. The van der Waals surface area contributed by atoms with Gasteiger partial charge in [0.1, 0.15) is 6.17 Å². The van der Waals surface area contributed by atoms with Crippen LogP contribution in [0, 0.1) is 10.1 Å². The zero-order valence-electron chi connectivity index (χ0n) is 11.5. The van der Waals surface area contributed by atoms with E-state index in [9.17, 15) is 14.9 Å². The zero-order chi connectivity index (χ0) is 14.8. The monoisotopic (exact) mass is 307 g/mol. The van der Waals surface area contributed by atoms with Crippen molar-refractivity contribution in [3.8, 4) is 0 Å². The van der Waals surface area contributed by atoms with Gasteiger partial charge in [0.15, 0.2) is 0 Å². The molecule has 0 aromatic heterocycles. The van der Waals surface area contributed by atoms with Gasteiger partial charge < -0.3 is 4.90 Å². The molecule has 21 heavy (non-hydrogen) atoms. The van der Waals surface area contributed by atoms with Gasteiger partial charge in [0, 0.05) is 23.9 Å². The third-order valence-electron chi connectivity index (χ3n) is 3.96. The second-order valence-corrected chi connectivity index (χ2v) is 6.45. The molecule has 1 amide bonds. The molecule has 7 heteroatoms. The minimum Gasteiger partial charge on any atom is -0.318 e. The Morgan fingerprint density at radius 2 is 2.10 bits per heavy atom. The molecule has 1 N–H and O–H groups in total. The van der Waals surface area contributed by atoms with Crippen LogP contribution < -0.4 is 5.32 Å². The van der Waals surface area contributed by atoms with Crippen LogP contribution in [0.25, 0.3) is 0 Å². The first-order chi connectivity index (χ1) is 10.2. The van der Waals surface area contributed by atoms with Crippen LogP contribution in [-0.4, -0.2) is 39.8 Å². The van der Waals surface area contributed by atoms with E-state index in [-0.39, 0.29) is 23.8 Å². The van der Waals surface area contributed by atoms with Gasteiger partial charge in [0.05, 0.1) is 11.5 Å². The molecule has 3 rings (SSSR count). The molecule has 6 nitrogen and oxygen atoms in total. The van der Waals surface area contributed by atoms with Crippen LogP contribution >= 0.6 is 11.8 Å². The number of nitro groups is 1. The smallest absolute Gasteiger partial charge is 0.269 e. The highest BCUT2D eigenvalue weighted by molar-refractivity contribution is 7.99. The molecular formula is C14H17N3O3S. The van der Waals surface area contributed by atoms with Crippen molar-refractivity contribution in [1.82, 2.24) is 10.2 Å². The van der Waals surface area contributed by atoms with Crippen molar-refractivity contribution < 1.29 is 9.72 Å². The zero-order valence-corrected chi connectivity index (χ0v) is 12.3. The molecular weight excluding hydrogens is 290 g/mol. The molecule has 2 saturated heterocycles.